The maximum absolute atomic E-state index is 12.2. The molecule has 1 N–H and O–H groups in total. The van der Waals surface area contributed by atoms with Gasteiger partial charge in [-0.1, -0.05) is 35.5 Å². The van der Waals surface area contributed by atoms with Gasteiger partial charge in [0.25, 0.3) is 0 Å². The molecule has 0 unspecified atom stereocenters. The van der Waals surface area contributed by atoms with Crippen molar-refractivity contribution in [3.8, 4) is 11.5 Å². The van der Waals surface area contributed by atoms with Crippen LogP contribution in [0.1, 0.15) is 33.7 Å². The number of aryl methyl sites for hydroxylation is 2. The zero-order valence-electron chi connectivity index (χ0n) is 18.8. The van der Waals surface area contributed by atoms with E-state index in [1.165, 1.54) is 6.08 Å². The number of benzene rings is 2. The van der Waals surface area contributed by atoms with Crippen molar-refractivity contribution in [3.05, 3.63) is 82.2 Å². The Morgan fingerprint density at radius 2 is 1.88 bits per heavy atom. The van der Waals surface area contributed by atoms with Gasteiger partial charge in [0.2, 0.25) is 5.91 Å². The van der Waals surface area contributed by atoms with Crippen LogP contribution in [0.5, 0.6) is 11.5 Å². The van der Waals surface area contributed by atoms with Gasteiger partial charge in [-0.2, -0.15) is 0 Å². The number of aromatic nitrogens is 1. The minimum atomic E-state index is -0.181. The highest BCUT2D eigenvalue weighted by molar-refractivity contribution is 5.91. The topological polar surface area (TPSA) is 82.8 Å². The number of methoxy groups -OCH3 is 2. The third-order valence-corrected chi connectivity index (χ3v) is 4.94. The molecule has 0 aliphatic carbocycles. The molecule has 0 radical (unpaired) electrons. The lowest BCUT2D eigenvalue weighted by Gasteiger charge is -2.11. The molecule has 1 heterocycles. The van der Waals surface area contributed by atoms with Crippen molar-refractivity contribution in [1.29, 1.82) is 0 Å². The molecule has 7 heteroatoms. The van der Waals surface area contributed by atoms with Crippen LogP contribution in [0.4, 0.5) is 0 Å². The SMILES string of the molecule is COCc1cccc(CNC(=O)/C=C/c2ccc(OCc3c(C)noc3C)c(OC)c2)c1. The van der Waals surface area contributed by atoms with E-state index < -0.39 is 0 Å². The Kier molecular flexibility index (Phi) is 8.05. The highest BCUT2D eigenvalue weighted by Crippen LogP contribution is 2.30. The molecule has 0 bridgehead atoms. The maximum Gasteiger partial charge on any atom is 0.244 e. The zero-order valence-corrected chi connectivity index (χ0v) is 18.8. The largest absolute Gasteiger partial charge is 0.493 e. The molecule has 0 spiro atoms. The van der Waals surface area contributed by atoms with Crippen LogP contribution < -0.4 is 14.8 Å². The van der Waals surface area contributed by atoms with Crippen molar-refractivity contribution < 1.29 is 23.5 Å². The van der Waals surface area contributed by atoms with Crippen LogP contribution in [-0.4, -0.2) is 25.3 Å². The number of rotatable bonds is 10. The van der Waals surface area contributed by atoms with E-state index in [-0.39, 0.29) is 5.91 Å². The maximum atomic E-state index is 12.2. The molecule has 32 heavy (non-hydrogen) atoms. The van der Waals surface area contributed by atoms with Gasteiger partial charge >= 0.3 is 0 Å². The molecule has 0 fully saturated rings. The van der Waals surface area contributed by atoms with E-state index in [0.29, 0.717) is 31.3 Å². The summed E-state index contributed by atoms with van der Waals surface area (Å²) in [5, 5.41) is 6.82. The zero-order chi connectivity index (χ0) is 22.9. The van der Waals surface area contributed by atoms with Gasteiger partial charge < -0.3 is 24.1 Å². The first-order valence-electron chi connectivity index (χ1n) is 10.3. The fourth-order valence-electron chi connectivity index (χ4n) is 3.18. The number of nitrogens with one attached hydrogen (secondary N) is 1. The van der Waals surface area contributed by atoms with Gasteiger partial charge in [-0.3, -0.25) is 4.79 Å². The van der Waals surface area contributed by atoms with Crippen molar-refractivity contribution in [2.24, 2.45) is 0 Å². The second kappa shape index (κ2) is 11.2. The number of hydrogen-bond acceptors (Lipinski definition) is 6. The fourth-order valence-corrected chi connectivity index (χ4v) is 3.18. The molecule has 0 saturated heterocycles. The van der Waals surface area contributed by atoms with Crippen LogP contribution in [0, 0.1) is 13.8 Å². The van der Waals surface area contributed by atoms with E-state index in [1.54, 1.807) is 20.3 Å². The Morgan fingerprint density at radius 3 is 2.59 bits per heavy atom. The minimum Gasteiger partial charge on any atom is -0.493 e. The summed E-state index contributed by atoms with van der Waals surface area (Å²) in [5.74, 6) is 1.73. The van der Waals surface area contributed by atoms with Gasteiger partial charge in [-0.05, 0) is 48.7 Å². The molecule has 0 aliphatic heterocycles. The lowest BCUT2D eigenvalue weighted by atomic mass is 10.1. The van der Waals surface area contributed by atoms with Gasteiger partial charge in [0.05, 0.1) is 25.0 Å². The molecule has 2 aromatic carbocycles. The molecule has 3 aromatic rings. The third kappa shape index (κ3) is 6.21. The van der Waals surface area contributed by atoms with Gasteiger partial charge in [-0.25, -0.2) is 0 Å². The highest BCUT2D eigenvalue weighted by atomic mass is 16.5. The monoisotopic (exact) mass is 436 g/mol. The fraction of sp³-hybridized carbons (Fsp3) is 0.280. The van der Waals surface area contributed by atoms with Crippen molar-refractivity contribution in [3.63, 3.8) is 0 Å². The Balaban J connectivity index is 1.58. The number of carbonyl (C=O) groups excluding carboxylic acids is 1. The molecule has 0 saturated carbocycles. The standard InChI is InChI=1S/C25H28N2O5/c1-17-22(18(2)32-27-17)16-31-23-10-8-19(13-24(23)30-4)9-11-25(28)26-14-20-6-5-7-21(12-20)15-29-3/h5-13H,14-16H2,1-4H3,(H,26,28)/b11-9+. The summed E-state index contributed by atoms with van der Waals surface area (Å²) in [6.45, 7) is 5.05. The van der Waals surface area contributed by atoms with Crippen molar-refractivity contribution >= 4 is 12.0 Å². The van der Waals surface area contributed by atoms with Crippen LogP contribution in [0.2, 0.25) is 0 Å². The summed E-state index contributed by atoms with van der Waals surface area (Å²) in [5.41, 5.74) is 4.63. The number of amides is 1. The van der Waals surface area contributed by atoms with E-state index in [1.807, 2.05) is 56.3 Å². The van der Waals surface area contributed by atoms with E-state index >= 15 is 0 Å². The van der Waals surface area contributed by atoms with E-state index in [4.69, 9.17) is 18.7 Å². The summed E-state index contributed by atoms with van der Waals surface area (Å²) in [6.07, 6.45) is 3.23. The van der Waals surface area contributed by atoms with Gasteiger partial charge in [-0.15, -0.1) is 0 Å². The Labute approximate surface area is 188 Å². The first-order chi connectivity index (χ1) is 15.5. The number of ether oxygens (including phenoxy) is 3. The van der Waals surface area contributed by atoms with Crippen molar-refractivity contribution in [2.45, 2.75) is 33.6 Å². The molecule has 3 rings (SSSR count). The lowest BCUT2D eigenvalue weighted by Crippen LogP contribution is -2.20. The normalized spacial score (nSPS) is 11.0. The van der Waals surface area contributed by atoms with E-state index in [2.05, 4.69) is 10.5 Å². The summed E-state index contributed by atoms with van der Waals surface area (Å²) in [7, 11) is 3.24. The number of carbonyl (C=O) groups is 1. The van der Waals surface area contributed by atoms with Crippen LogP contribution in [0.25, 0.3) is 6.08 Å². The summed E-state index contributed by atoms with van der Waals surface area (Å²) in [4.78, 5) is 12.2. The molecular formula is C25H28N2O5. The van der Waals surface area contributed by atoms with Crippen molar-refractivity contribution in [2.75, 3.05) is 14.2 Å². The summed E-state index contributed by atoms with van der Waals surface area (Å²) < 4.78 is 21.7. The molecule has 0 atom stereocenters. The van der Waals surface area contributed by atoms with Gasteiger partial charge in [0.1, 0.15) is 12.4 Å². The molecule has 1 aromatic heterocycles. The van der Waals surface area contributed by atoms with E-state index in [9.17, 15) is 4.79 Å². The highest BCUT2D eigenvalue weighted by Gasteiger charge is 2.12. The second-order valence-corrected chi connectivity index (χ2v) is 7.31. The molecule has 7 nitrogen and oxygen atoms in total. The number of hydrogen-bond donors (Lipinski definition) is 1. The average Bonchev–Trinajstić information content (AvgIpc) is 3.12. The lowest BCUT2D eigenvalue weighted by molar-refractivity contribution is -0.116. The Bertz CT molecular complexity index is 1070. The molecule has 168 valence electrons. The van der Waals surface area contributed by atoms with Crippen LogP contribution in [-0.2, 0) is 29.3 Å². The van der Waals surface area contributed by atoms with Gasteiger partial charge in [0.15, 0.2) is 11.5 Å². The Hall–Kier alpha value is -3.58. The quantitative estimate of drug-likeness (QED) is 0.476. The first-order valence-corrected chi connectivity index (χ1v) is 10.3. The minimum absolute atomic E-state index is 0.181. The van der Waals surface area contributed by atoms with E-state index in [0.717, 1.165) is 33.7 Å². The summed E-state index contributed by atoms with van der Waals surface area (Å²) in [6, 6.07) is 13.4. The number of nitrogens with zero attached hydrogens (tertiary/aromatic N) is 1. The molecule has 0 aliphatic rings. The predicted octanol–water partition coefficient (Wildman–Crippen LogP) is 4.36. The third-order valence-electron chi connectivity index (χ3n) is 4.94. The predicted molar refractivity (Wildman–Crippen MR) is 121 cm³/mol. The molecular weight excluding hydrogens is 408 g/mol. The van der Waals surface area contributed by atoms with Gasteiger partial charge in [0, 0.05) is 19.7 Å². The smallest absolute Gasteiger partial charge is 0.244 e. The van der Waals surface area contributed by atoms with Crippen molar-refractivity contribution in [1.82, 2.24) is 10.5 Å². The molecule has 1 amide bonds. The second-order valence-electron chi connectivity index (χ2n) is 7.31. The van der Waals surface area contributed by atoms with Crippen LogP contribution >= 0.6 is 0 Å². The van der Waals surface area contributed by atoms with Crippen LogP contribution in [0.15, 0.2) is 53.1 Å². The Morgan fingerprint density at radius 1 is 1.06 bits per heavy atom. The first kappa shape index (κ1) is 23.1. The average molecular weight is 437 g/mol. The van der Waals surface area contributed by atoms with Crippen LogP contribution in [0.3, 0.4) is 0 Å². The summed E-state index contributed by atoms with van der Waals surface area (Å²) >= 11 is 0.